The van der Waals surface area contributed by atoms with Crippen molar-refractivity contribution in [2.45, 2.75) is 64.1 Å². The molecule has 1 aliphatic heterocycles. The van der Waals surface area contributed by atoms with E-state index < -0.39 is 0 Å². The Kier molecular flexibility index (Phi) is 5.42. The summed E-state index contributed by atoms with van der Waals surface area (Å²) in [7, 11) is 0. The van der Waals surface area contributed by atoms with E-state index in [9.17, 15) is 5.26 Å². The van der Waals surface area contributed by atoms with Gasteiger partial charge in [0.25, 0.3) is 0 Å². The van der Waals surface area contributed by atoms with Crippen molar-refractivity contribution in [3.63, 3.8) is 0 Å². The predicted molar refractivity (Wildman–Crippen MR) is 82.6 cm³/mol. The van der Waals surface area contributed by atoms with Crippen molar-refractivity contribution in [1.29, 1.82) is 5.26 Å². The summed E-state index contributed by atoms with van der Waals surface area (Å²) < 4.78 is 0. The average molecular weight is 278 g/mol. The molecule has 2 aliphatic rings. The van der Waals surface area contributed by atoms with E-state index in [2.05, 4.69) is 42.0 Å². The first-order valence-electron chi connectivity index (χ1n) is 8.28. The second kappa shape index (κ2) is 6.89. The molecule has 4 nitrogen and oxygen atoms in total. The molecule has 3 atom stereocenters. The van der Waals surface area contributed by atoms with Gasteiger partial charge in [-0.25, -0.2) is 0 Å². The van der Waals surface area contributed by atoms with Gasteiger partial charge in [0.1, 0.15) is 5.54 Å². The minimum Gasteiger partial charge on any atom is -0.299 e. The predicted octanol–water partition coefficient (Wildman–Crippen LogP) is 1.83. The van der Waals surface area contributed by atoms with Gasteiger partial charge in [-0.1, -0.05) is 13.8 Å². The largest absolute Gasteiger partial charge is 0.299 e. The SMILES string of the molecule is CCCNC1(C#N)CCC(N2CCN(CC)C(C)C2)C1. The van der Waals surface area contributed by atoms with Crippen molar-refractivity contribution in [2.75, 3.05) is 32.7 Å². The maximum Gasteiger partial charge on any atom is 0.108 e. The summed E-state index contributed by atoms with van der Waals surface area (Å²) in [6.07, 6.45) is 4.28. The third kappa shape index (κ3) is 3.33. The van der Waals surface area contributed by atoms with Gasteiger partial charge in [-0.15, -0.1) is 0 Å². The Morgan fingerprint density at radius 1 is 1.35 bits per heavy atom. The highest BCUT2D eigenvalue weighted by atomic mass is 15.3. The lowest BCUT2D eigenvalue weighted by Crippen LogP contribution is -2.54. The molecule has 1 N–H and O–H groups in total. The van der Waals surface area contributed by atoms with Gasteiger partial charge < -0.3 is 0 Å². The van der Waals surface area contributed by atoms with E-state index in [1.165, 1.54) is 13.0 Å². The molecule has 4 heteroatoms. The minimum absolute atomic E-state index is 0.258. The van der Waals surface area contributed by atoms with Crippen LogP contribution in [0.4, 0.5) is 0 Å². The van der Waals surface area contributed by atoms with Crippen molar-refractivity contribution < 1.29 is 0 Å². The zero-order chi connectivity index (χ0) is 14.6. The zero-order valence-corrected chi connectivity index (χ0v) is 13.4. The quantitative estimate of drug-likeness (QED) is 0.833. The third-order valence-electron chi connectivity index (χ3n) is 5.13. The van der Waals surface area contributed by atoms with Gasteiger partial charge in [-0.05, 0) is 45.7 Å². The molecule has 1 saturated heterocycles. The van der Waals surface area contributed by atoms with Gasteiger partial charge in [-0.2, -0.15) is 5.26 Å². The standard InChI is InChI=1S/C16H30N4/c1-4-8-18-16(13-17)7-6-15(11-16)20-10-9-19(5-2)14(3)12-20/h14-15,18H,4-12H2,1-3H3. The first-order valence-corrected chi connectivity index (χ1v) is 8.28. The van der Waals surface area contributed by atoms with Gasteiger partial charge in [0.2, 0.25) is 0 Å². The number of nitriles is 1. The van der Waals surface area contributed by atoms with Crippen LogP contribution in [0, 0.1) is 11.3 Å². The number of nitrogens with one attached hydrogen (secondary N) is 1. The number of likely N-dealkylation sites (N-methyl/N-ethyl adjacent to an activating group) is 1. The smallest absolute Gasteiger partial charge is 0.108 e. The Morgan fingerprint density at radius 3 is 2.75 bits per heavy atom. The van der Waals surface area contributed by atoms with Crippen molar-refractivity contribution in [3.8, 4) is 6.07 Å². The van der Waals surface area contributed by atoms with E-state index in [0.29, 0.717) is 12.1 Å². The second-order valence-corrected chi connectivity index (χ2v) is 6.49. The molecule has 1 heterocycles. The lowest BCUT2D eigenvalue weighted by atomic mass is 9.98. The number of hydrogen-bond acceptors (Lipinski definition) is 4. The van der Waals surface area contributed by atoms with Crippen molar-refractivity contribution in [1.82, 2.24) is 15.1 Å². The molecular formula is C16H30N4. The molecule has 20 heavy (non-hydrogen) atoms. The van der Waals surface area contributed by atoms with Crippen LogP contribution >= 0.6 is 0 Å². The van der Waals surface area contributed by atoms with Crippen LogP contribution in [0.5, 0.6) is 0 Å². The molecule has 0 amide bonds. The van der Waals surface area contributed by atoms with E-state index >= 15 is 0 Å². The minimum atomic E-state index is -0.258. The summed E-state index contributed by atoms with van der Waals surface area (Å²) in [6, 6.07) is 3.81. The molecule has 114 valence electrons. The summed E-state index contributed by atoms with van der Waals surface area (Å²) >= 11 is 0. The van der Waals surface area contributed by atoms with E-state index in [4.69, 9.17) is 0 Å². The maximum absolute atomic E-state index is 9.55. The fraction of sp³-hybridized carbons (Fsp3) is 0.938. The Hall–Kier alpha value is -0.630. The fourth-order valence-corrected chi connectivity index (χ4v) is 3.82. The molecule has 1 aliphatic carbocycles. The Balaban J connectivity index is 1.91. The van der Waals surface area contributed by atoms with Crippen LogP contribution in [0.15, 0.2) is 0 Å². The summed E-state index contributed by atoms with van der Waals surface area (Å²) in [6.45, 7) is 12.4. The monoisotopic (exact) mass is 278 g/mol. The van der Waals surface area contributed by atoms with E-state index in [1.807, 2.05) is 0 Å². The summed E-state index contributed by atoms with van der Waals surface area (Å²) in [5, 5.41) is 13.0. The Morgan fingerprint density at radius 2 is 2.15 bits per heavy atom. The molecule has 0 aromatic carbocycles. The Bertz CT molecular complexity index is 351. The average Bonchev–Trinajstić information content (AvgIpc) is 2.90. The maximum atomic E-state index is 9.55. The number of piperazine rings is 1. The van der Waals surface area contributed by atoms with E-state index in [0.717, 1.165) is 45.4 Å². The molecule has 0 spiro atoms. The molecule has 0 aromatic heterocycles. The molecule has 1 saturated carbocycles. The van der Waals surface area contributed by atoms with Gasteiger partial charge >= 0.3 is 0 Å². The molecular weight excluding hydrogens is 248 g/mol. The van der Waals surface area contributed by atoms with E-state index in [1.54, 1.807) is 0 Å². The molecule has 0 aromatic rings. The lowest BCUT2D eigenvalue weighted by molar-refractivity contribution is 0.0589. The molecule has 2 rings (SSSR count). The summed E-state index contributed by atoms with van der Waals surface area (Å²) in [5.74, 6) is 0. The number of hydrogen-bond donors (Lipinski definition) is 1. The number of rotatable bonds is 5. The van der Waals surface area contributed by atoms with E-state index in [-0.39, 0.29) is 5.54 Å². The van der Waals surface area contributed by atoms with Crippen LogP contribution in [0.2, 0.25) is 0 Å². The van der Waals surface area contributed by atoms with Crippen molar-refractivity contribution >= 4 is 0 Å². The highest BCUT2D eigenvalue weighted by Gasteiger charge is 2.42. The van der Waals surface area contributed by atoms with Gasteiger partial charge in [0.05, 0.1) is 6.07 Å². The van der Waals surface area contributed by atoms with Crippen LogP contribution < -0.4 is 5.32 Å². The molecule has 2 fully saturated rings. The highest BCUT2D eigenvalue weighted by molar-refractivity contribution is 5.13. The van der Waals surface area contributed by atoms with Crippen molar-refractivity contribution in [3.05, 3.63) is 0 Å². The van der Waals surface area contributed by atoms with Gasteiger partial charge in [0, 0.05) is 31.7 Å². The zero-order valence-electron chi connectivity index (χ0n) is 13.4. The topological polar surface area (TPSA) is 42.3 Å². The fourth-order valence-electron chi connectivity index (χ4n) is 3.82. The second-order valence-electron chi connectivity index (χ2n) is 6.49. The first-order chi connectivity index (χ1) is 9.64. The van der Waals surface area contributed by atoms with Crippen LogP contribution in [0.3, 0.4) is 0 Å². The van der Waals surface area contributed by atoms with Gasteiger partial charge in [-0.3, -0.25) is 15.1 Å². The van der Waals surface area contributed by atoms with Gasteiger partial charge in [0.15, 0.2) is 0 Å². The number of nitrogens with zero attached hydrogens (tertiary/aromatic N) is 3. The Labute approximate surface area is 124 Å². The van der Waals surface area contributed by atoms with Crippen LogP contribution in [0.1, 0.15) is 46.5 Å². The lowest BCUT2D eigenvalue weighted by Gasteiger charge is -2.42. The normalized spacial score (nSPS) is 36.1. The summed E-state index contributed by atoms with van der Waals surface area (Å²) in [5.41, 5.74) is -0.258. The van der Waals surface area contributed by atoms with Crippen LogP contribution in [-0.2, 0) is 0 Å². The van der Waals surface area contributed by atoms with Crippen molar-refractivity contribution in [2.24, 2.45) is 0 Å². The molecule has 0 radical (unpaired) electrons. The summed E-state index contributed by atoms with van der Waals surface area (Å²) in [4.78, 5) is 5.18. The third-order valence-corrected chi connectivity index (χ3v) is 5.13. The molecule has 0 bridgehead atoms. The highest BCUT2D eigenvalue weighted by Crippen LogP contribution is 2.33. The van der Waals surface area contributed by atoms with Crippen LogP contribution in [-0.4, -0.2) is 60.1 Å². The molecule has 3 unspecified atom stereocenters. The van der Waals surface area contributed by atoms with Crippen LogP contribution in [0.25, 0.3) is 0 Å². The first kappa shape index (κ1) is 15.8.